The number of imidazole rings is 2. The second-order valence-corrected chi connectivity index (χ2v) is 18.0. The lowest BCUT2D eigenvalue weighted by Crippen LogP contribution is -2.43. The number of nitrogens with one attached hydrogen (secondary N) is 4. The van der Waals surface area contributed by atoms with Crippen molar-refractivity contribution in [3.63, 3.8) is 0 Å². The molecule has 4 aromatic rings. The largest absolute Gasteiger partial charge is 0.598 e. The highest BCUT2D eigenvalue weighted by Crippen LogP contribution is 2.30. The summed E-state index contributed by atoms with van der Waals surface area (Å²) in [6.07, 6.45) is 3.68. The third-order valence-corrected chi connectivity index (χ3v) is 10.6. The Kier molecular flexibility index (Phi) is 10.8. The van der Waals surface area contributed by atoms with Crippen LogP contribution in [0.5, 0.6) is 0 Å². The van der Waals surface area contributed by atoms with Crippen molar-refractivity contribution < 1.29 is 9.11 Å². The van der Waals surface area contributed by atoms with E-state index in [1.807, 2.05) is 53.9 Å². The highest BCUT2D eigenvalue weighted by atomic mass is 32.2. The lowest BCUT2D eigenvalue weighted by atomic mass is 10.0. The van der Waals surface area contributed by atoms with Crippen molar-refractivity contribution in [3.05, 3.63) is 72.6 Å². The van der Waals surface area contributed by atoms with E-state index in [9.17, 15) is 9.11 Å². The molecule has 0 radical (unpaired) electrons. The molecule has 238 valence electrons. The van der Waals surface area contributed by atoms with Crippen molar-refractivity contribution in [3.8, 4) is 33.6 Å². The molecule has 8 nitrogen and oxygen atoms in total. The highest BCUT2D eigenvalue weighted by molar-refractivity contribution is 7.91. The summed E-state index contributed by atoms with van der Waals surface area (Å²) in [6, 6.07) is 16.5. The van der Waals surface area contributed by atoms with E-state index in [0.717, 1.165) is 45.3 Å². The van der Waals surface area contributed by atoms with Crippen LogP contribution in [0.3, 0.4) is 0 Å². The Morgan fingerprint density at radius 1 is 0.568 bits per heavy atom. The summed E-state index contributed by atoms with van der Waals surface area (Å²) in [6.45, 7) is 20.2. The fourth-order valence-electron chi connectivity index (χ4n) is 4.57. The molecule has 0 aliphatic carbocycles. The SMILES string of the molecule is CC(C)C(N[S+]([O-])C(C)(C)C)c1ncc(-c2ccc(-c3ccc(-c4cnc(C(N[S+]([O-])C(C)(C)C)C(C)C)[nH]4)cc3)cc2)[nH]1. The van der Waals surface area contributed by atoms with Crippen molar-refractivity contribution in [2.75, 3.05) is 0 Å². The maximum atomic E-state index is 12.8. The molecule has 10 heteroatoms. The average molecular weight is 637 g/mol. The monoisotopic (exact) mass is 636 g/mol. The van der Waals surface area contributed by atoms with E-state index in [1.165, 1.54) is 0 Å². The van der Waals surface area contributed by atoms with Gasteiger partial charge >= 0.3 is 0 Å². The Morgan fingerprint density at radius 3 is 1.14 bits per heavy atom. The first-order chi connectivity index (χ1) is 20.5. The maximum Gasteiger partial charge on any atom is 0.136 e. The molecular weight excluding hydrogens is 589 g/mol. The van der Waals surface area contributed by atoms with E-state index in [1.54, 1.807) is 0 Å². The molecule has 0 saturated carbocycles. The van der Waals surface area contributed by atoms with Crippen molar-refractivity contribution in [1.82, 2.24) is 29.4 Å². The first kappa shape index (κ1) is 34.3. The number of benzene rings is 2. The van der Waals surface area contributed by atoms with E-state index >= 15 is 0 Å². The Balaban J connectivity index is 1.46. The smallest absolute Gasteiger partial charge is 0.136 e. The van der Waals surface area contributed by atoms with Gasteiger partial charge < -0.3 is 19.1 Å². The number of rotatable bonds is 11. The van der Waals surface area contributed by atoms with Crippen LogP contribution in [0.15, 0.2) is 60.9 Å². The van der Waals surface area contributed by atoms with Gasteiger partial charge in [-0.3, -0.25) is 0 Å². The molecular formula is C34H48N6O2S2. The van der Waals surface area contributed by atoms with Crippen LogP contribution in [0.2, 0.25) is 0 Å². The molecule has 2 aromatic carbocycles. The van der Waals surface area contributed by atoms with Crippen molar-refractivity contribution in [2.24, 2.45) is 11.8 Å². The average Bonchev–Trinajstić information content (AvgIpc) is 3.64. The van der Waals surface area contributed by atoms with Gasteiger partial charge in [-0.05, 0) is 75.6 Å². The number of hydrogen-bond donors (Lipinski definition) is 4. The van der Waals surface area contributed by atoms with Gasteiger partial charge in [0, 0.05) is 22.7 Å². The van der Waals surface area contributed by atoms with Crippen LogP contribution in [-0.2, 0) is 22.7 Å². The van der Waals surface area contributed by atoms with Crippen LogP contribution >= 0.6 is 0 Å². The Bertz CT molecular complexity index is 1370. The number of hydrogen-bond acceptors (Lipinski definition) is 6. The molecule has 0 saturated heterocycles. The van der Waals surface area contributed by atoms with Gasteiger partial charge in [-0.2, -0.15) is 0 Å². The number of aromatic amines is 2. The zero-order chi connectivity index (χ0) is 32.4. The minimum absolute atomic E-state index is 0.146. The van der Waals surface area contributed by atoms with Gasteiger partial charge in [0.2, 0.25) is 0 Å². The van der Waals surface area contributed by atoms with Crippen molar-refractivity contribution >= 4 is 22.7 Å². The Morgan fingerprint density at radius 2 is 0.864 bits per heavy atom. The molecule has 0 aliphatic heterocycles. The fraction of sp³-hybridized carbons (Fsp3) is 0.471. The zero-order valence-corrected chi connectivity index (χ0v) is 29.2. The zero-order valence-electron chi connectivity index (χ0n) is 27.6. The molecule has 0 bridgehead atoms. The van der Waals surface area contributed by atoms with Crippen molar-refractivity contribution in [1.29, 1.82) is 0 Å². The van der Waals surface area contributed by atoms with Gasteiger partial charge in [0.15, 0.2) is 0 Å². The molecule has 0 amide bonds. The first-order valence-electron chi connectivity index (χ1n) is 15.2. The number of nitrogens with zero attached hydrogens (tertiary/aromatic N) is 2. The predicted molar refractivity (Wildman–Crippen MR) is 184 cm³/mol. The van der Waals surface area contributed by atoms with Crippen molar-refractivity contribution in [2.45, 2.75) is 90.8 Å². The molecule has 4 rings (SSSR count). The molecule has 4 atom stereocenters. The summed E-state index contributed by atoms with van der Waals surface area (Å²) < 4.78 is 31.3. The van der Waals surface area contributed by atoms with E-state index < -0.39 is 22.7 Å². The van der Waals surface area contributed by atoms with E-state index in [4.69, 9.17) is 0 Å². The Labute approximate surface area is 269 Å². The van der Waals surface area contributed by atoms with E-state index in [-0.39, 0.29) is 33.4 Å². The van der Waals surface area contributed by atoms with Gasteiger partial charge in [-0.1, -0.05) is 76.2 Å². The lowest BCUT2D eigenvalue weighted by Gasteiger charge is -2.28. The van der Waals surface area contributed by atoms with Gasteiger partial charge in [-0.15, -0.1) is 9.44 Å². The van der Waals surface area contributed by atoms with Crippen LogP contribution in [0.4, 0.5) is 0 Å². The first-order valence-corrected chi connectivity index (χ1v) is 17.5. The van der Waals surface area contributed by atoms with Crippen LogP contribution in [0.25, 0.3) is 33.6 Å². The van der Waals surface area contributed by atoms with Gasteiger partial charge in [0.05, 0.1) is 23.8 Å². The van der Waals surface area contributed by atoms with Crippen LogP contribution < -0.4 is 9.44 Å². The fourth-order valence-corrected chi connectivity index (χ4v) is 6.50. The molecule has 2 heterocycles. The minimum Gasteiger partial charge on any atom is -0.598 e. The third-order valence-electron chi connectivity index (χ3n) is 7.42. The minimum atomic E-state index is -1.20. The molecule has 0 spiro atoms. The second-order valence-electron chi connectivity index (χ2n) is 14.0. The predicted octanol–water partition coefficient (Wildman–Crippen LogP) is 7.63. The normalized spacial score (nSPS) is 15.5. The summed E-state index contributed by atoms with van der Waals surface area (Å²) in [5.74, 6) is 2.00. The van der Waals surface area contributed by atoms with Gasteiger partial charge in [-0.25, -0.2) is 9.97 Å². The number of H-pyrrole nitrogens is 2. The quantitative estimate of drug-likeness (QED) is 0.125. The summed E-state index contributed by atoms with van der Waals surface area (Å²) in [4.78, 5) is 16.2. The van der Waals surface area contributed by atoms with E-state index in [0.29, 0.717) is 0 Å². The van der Waals surface area contributed by atoms with Gasteiger partial charge in [0.1, 0.15) is 33.2 Å². The molecule has 0 fully saturated rings. The molecule has 0 aliphatic rings. The maximum absolute atomic E-state index is 12.8. The lowest BCUT2D eigenvalue weighted by molar-refractivity contribution is 0.438. The second kappa shape index (κ2) is 13.8. The van der Waals surface area contributed by atoms with E-state index in [2.05, 4.69) is 106 Å². The topological polar surface area (TPSA) is 128 Å². The summed E-state index contributed by atoms with van der Waals surface area (Å²) >= 11 is -2.40. The third kappa shape index (κ3) is 8.35. The molecule has 44 heavy (non-hydrogen) atoms. The van der Waals surface area contributed by atoms with Gasteiger partial charge in [0.25, 0.3) is 0 Å². The number of aromatic nitrogens is 4. The summed E-state index contributed by atoms with van der Waals surface area (Å²) in [5.41, 5.74) is 6.14. The summed E-state index contributed by atoms with van der Waals surface area (Å²) in [5, 5.41) is 0. The summed E-state index contributed by atoms with van der Waals surface area (Å²) in [7, 11) is 0. The molecule has 2 aromatic heterocycles. The molecule has 4 N–H and O–H groups in total. The molecule has 4 unspecified atom stereocenters. The highest BCUT2D eigenvalue weighted by Gasteiger charge is 2.33. The van der Waals surface area contributed by atoms with Crippen LogP contribution in [0.1, 0.15) is 93.0 Å². The van der Waals surface area contributed by atoms with Crippen LogP contribution in [-0.4, -0.2) is 38.5 Å². The van der Waals surface area contributed by atoms with Crippen LogP contribution in [0, 0.1) is 11.8 Å². The standard InChI is InChI=1S/C34H48N6O2S2/c1-21(2)29(39-43(41)33(5,6)7)31-35-19-27(37-31)25-15-11-23(12-16-25)24-13-17-26(18-14-24)28-20-36-32(38-28)30(22(3)4)40-44(42)34(8,9)10/h11-22,29-30,39-40H,1-10H3,(H,35,37)(H,36,38). The Hall–Kier alpha value is -2.60.